The van der Waals surface area contributed by atoms with Crippen LogP contribution < -0.4 is 11.4 Å². The zero-order chi connectivity index (χ0) is 24.0. The van der Waals surface area contributed by atoms with Gasteiger partial charge in [0, 0.05) is 25.2 Å². The smallest absolute Gasteiger partial charge is 0.349 e. The van der Waals surface area contributed by atoms with Crippen molar-refractivity contribution in [1.82, 2.24) is 9.55 Å². The van der Waals surface area contributed by atoms with Gasteiger partial charge in [0.05, 0.1) is 18.8 Å². The lowest BCUT2D eigenvalue weighted by Crippen LogP contribution is -2.48. The second kappa shape index (κ2) is 8.74. The standard InChI is InChI=1S/C22H43N3O4Si2/c1-21(2,3)30(8,9)27-14-18-17(29-31(10,11)22(4,5)6)12-16(28-18)15-13-25(7)20(26)24-19(15)23/h13,16-18H,12,14H2,1-11H3,(H2,23,24,26)/t16-,17-,18-/m1/s1. The van der Waals surface area contributed by atoms with Crippen LogP contribution in [0.15, 0.2) is 11.0 Å². The van der Waals surface area contributed by atoms with Crippen LogP contribution in [0.25, 0.3) is 0 Å². The summed E-state index contributed by atoms with van der Waals surface area (Å²) in [6.07, 6.45) is 1.84. The summed E-state index contributed by atoms with van der Waals surface area (Å²) in [5.74, 6) is 0.227. The first-order chi connectivity index (χ1) is 13.9. The fourth-order valence-corrected chi connectivity index (χ4v) is 5.45. The summed E-state index contributed by atoms with van der Waals surface area (Å²) < 4.78 is 21.2. The van der Waals surface area contributed by atoms with Crippen LogP contribution in [-0.2, 0) is 20.6 Å². The van der Waals surface area contributed by atoms with E-state index in [-0.39, 0.29) is 39.9 Å². The SMILES string of the molecule is Cn1cc([C@H]2C[C@@H](O[Si](C)(C)C(C)(C)C)[C@@H](CO[Si](C)(C)C(C)(C)C)O2)c(N)nc1=O. The Morgan fingerprint density at radius 1 is 1.13 bits per heavy atom. The Kier molecular flexibility index (Phi) is 7.40. The fourth-order valence-electron chi connectivity index (χ4n) is 3.07. The number of hydrogen-bond acceptors (Lipinski definition) is 6. The van der Waals surface area contributed by atoms with Gasteiger partial charge in [-0.3, -0.25) is 0 Å². The zero-order valence-corrected chi connectivity index (χ0v) is 23.3. The summed E-state index contributed by atoms with van der Waals surface area (Å²) in [7, 11) is -2.27. The zero-order valence-electron chi connectivity index (χ0n) is 21.3. The summed E-state index contributed by atoms with van der Waals surface area (Å²) in [6.45, 7) is 22.9. The first-order valence-electron chi connectivity index (χ1n) is 11.2. The van der Waals surface area contributed by atoms with Crippen molar-refractivity contribution in [3.05, 3.63) is 22.2 Å². The Labute approximate surface area is 189 Å². The predicted molar refractivity (Wildman–Crippen MR) is 131 cm³/mol. The van der Waals surface area contributed by atoms with E-state index in [0.29, 0.717) is 13.0 Å². The normalized spacial score (nSPS) is 23.4. The minimum Gasteiger partial charge on any atom is -0.414 e. The number of aromatic nitrogens is 2. The minimum atomic E-state index is -2.01. The average Bonchev–Trinajstić information content (AvgIpc) is 2.96. The largest absolute Gasteiger partial charge is 0.414 e. The van der Waals surface area contributed by atoms with Crippen LogP contribution in [0, 0.1) is 0 Å². The quantitative estimate of drug-likeness (QED) is 0.612. The van der Waals surface area contributed by atoms with E-state index >= 15 is 0 Å². The molecule has 0 saturated carbocycles. The van der Waals surface area contributed by atoms with E-state index in [0.717, 1.165) is 5.56 Å². The van der Waals surface area contributed by atoms with Crippen molar-refractivity contribution in [2.24, 2.45) is 7.05 Å². The maximum absolute atomic E-state index is 11.8. The molecule has 0 amide bonds. The van der Waals surface area contributed by atoms with Crippen LogP contribution in [0.4, 0.5) is 5.82 Å². The molecular weight excluding hydrogens is 426 g/mol. The van der Waals surface area contributed by atoms with Crippen molar-refractivity contribution in [3.8, 4) is 0 Å². The topological polar surface area (TPSA) is 88.6 Å². The number of aryl methyl sites for hydroxylation is 1. The van der Waals surface area contributed by atoms with Gasteiger partial charge in [0.1, 0.15) is 11.9 Å². The molecule has 0 unspecified atom stereocenters. The molecule has 1 aliphatic heterocycles. The monoisotopic (exact) mass is 469 g/mol. The van der Waals surface area contributed by atoms with Crippen LogP contribution >= 0.6 is 0 Å². The molecule has 178 valence electrons. The van der Waals surface area contributed by atoms with Crippen molar-refractivity contribution in [3.63, 3.8) is 0 Å². The van der Waals surface area contributed by atoms with E-state index in [1.807, 2.05) is 0 Å². The number of nitrogens with zero attached hydrogens (tertiary/aromatic N) is 2. The Hall–Kier alpha value is -1.01. The molecule has 7 nitrogen and oxygen atoms in total. The number of anilines is 1. The van der Waals surface area contributed by atoms with Gasteiger partial charge in [-0.1, -0.05) is 41.5 Å². The molecule has 1 aromatic heterocycles. The summed E-state index contributed by atoms with van der Waals surface area (Å²) in [4.78, 5) is 15.8. The molecule has 0 aliphatic carbocycles. The van der Waals surface area contributed by atoms with Gasteiger partial charge in [-0.15, -0.1) is 0 Å². The Morgan fingerprint density at radius 3 is 2.19 bits per heavy atom. The molecule has 0 radical (unpaired) electrons. The molecule has 0 bridgehead atoms. The third kappa shape index (κ3) is 5.87. The number of hydrogen-bond donors (Lipinski definition) is 1. The van der Waals surface area contributed by atoms with E-state index in [4.69, 9.17) is 19.3 Å². The van der Waals surface area contributed by atoms with Crippen molar-refractivity contribution < 1.29 is 13.6 Å². The van der Waals surface area contributed by atoms with Crippen LogP contribution in [0.3, 0.4) is 0 Å². The Balaban J connectivity index is 2.31. The molecule has 31 heavy (non-hydrogen) atoms. The van der Waals surface area contributed by atoms with Gasteiger partial charge in [0.15, 0.2) is 16.6 Å². The van der Waals surface area contributed by atoms with Crippen molar-refractivity contribution in [2.45, 2.75) is 103 Å². The van der Waals surface area contributed by atoms with Crippen LogP contribution in [0.2, 0.25) is 36.3 Å². The Bertz CT molecular complexity index is 841. The van der Waals surface area contributed by atoms with Gasteiger partial charge >= 0.3 is 5.69 Å². The molecule has 1 aromatic rings. The highest BCUT2D eigenvalue weighted by atomic mass is 28.4. The van der Waals surface area contributed by atoms with Gasteiger partial charge in [0.2, 0.25) is 0 Å². The maximum Gasteiger partial charge on any atom is 0.349 e. The first kappa shape index (κ1) is 26.2. The summed E-state index contributed by atoms with van der Waals surface area (Å²) in [6, 6.07) is 0. The van der Waals surface area contributed by atoms with E-state index in [1.165, 1.54) is 4.57 Å². The molecule has 3 atom stereocenters. The van der Waals surface area contributed by atoms with Crippen molar-refractivity contribution in [1.29, 1.82) is 0 Å². The second-order valence-corrected chi connectivity index (χ2v) is 21.4. The van der Waals surface area contributed by atoms with Crippen LogP contribution in [0.5, 0.6) is 0 Å². The van der Waals surface area contributed by atoms with Gasteiger partial charge in [-0.25, -0.2) is 4.79 Å². The second-order valence-electron chi connectivity index (χ2n) is 11.9. The number of nitrogen functional groups attached to an aromatic ring is 1. The average molecular weight is 470 g/mol. The third-order valence-corrected chi connectivity index (χ3v) is 16.4. The molecule has 0 spiro atoms. The predicted octanol–water partition coefficient (Wildman–Crippen LogP) is 4.60. The molecule has 9 heteroatoms. The lowest BCUT2D eigenvalue weighted by atomic mass is 10.1. The molecule has 2 rings (SSSR count). The molecule has 1 saturated heterocycles. The minimum absolute atomic E-state index is 0.0904. The molecule has 1 fully saturated rings. The van der Waals surface area contributed by atoms with Gasteiger partial charge in [-0.05, 0) is 36.3 Å². The van der Waals surface area contributed by atoms with E-state index in [2.05, 4.69) is 72.7 Å². The van der Waals surface area contributed by atoms with Crippen LogP contribution in [-0.4, -0.2) is 45.0 Å². The summed E-state index contributed by atoms with van der Waals surface area (Å²) >= 11 is 0. The van der Waals surface area contributed by atoms with E-state index in [9.17, 15) is 4.79 Å². The fraction of sp³-hybridized carbons (Fsp3) is 0.818. The van der Waals surface area contributed by atoms with Crippen molar-refractivity contribution >= 4 is 22.5 Å². The number of nitrogens with two attached hydrogens (primary N) is 1. The van der Waals surface area contributed by atoms with E-state index < -0.39 is 16.6 Å². The van der Waals surface area contributed by atoms with Gasteiger partial charge in [0.25, 0.3) is 0 Å². The number of rotatable bonds is 6. The highest BCUT2D eigenvalue weighted by molar-refractivity contribution is 6.74. The lowest BCUT2D eigenvalue weighted by Gasteiger charge is -2.40. The van der Waals surface area contributed by atoms with Gasteiger partial charge < -0.3 is 23.9 Å². The number of ether oxygens (including phenoxy) is 1. The highest BCUT2D eigenvalue weighted by Crippen LogP contribution is 2.43. The van der Waals surface area contributed by atoms with Crippen LogP contribution in [0.1, 0.15) is 59.6 Å². The molecule has 0 aromatic carbocycles. The summed E-state index contributed by atoms with van der Waals surface area (Å²) in [5.41, 5.74) is 6.46. The van der Waals surface area contributed by atoms with Crippen molar-refractivity contribution in [2.75, 3.05) is 12.3 Å². The summed E-state index contributed by atoms with van der Waals surface area (Å²) in [5, 5.41) is 0.208. The molecular formula is C22H43N3O4Si2. The maximum atomic E-state index is 11.8. The first-order valence-corrected chi connectivity index (χ1v) is 17.0. The Morgan fingerprint density at radius 2 is 1.68 bits per heavy atom. The lowest BCUT2D eigenvalue weighted by molar-refractivity contribution is -0.0165. The molecule has 2 N–H and O–H groups in total. The molecule has 1 aliphatic rings. The third-order valence-electron chi connectivity index (χ3n) is 7.36. The highest BCUT2D eigenvalue weighted by Gasteiger charge is 2.46. The molecule has 2 heterocycles. The van der Waals surface area contributed by atoms with Gasteiger partial charge in [-0.2, -0.15) is 4.98 Å². The van der Waals surface area contributed by atoms with E-state index in [1.54, 1.807) is 13.2 Å².